The highest BCUT2D eigenvalue weighted by molar-refractivity contribution is 6.29. The Morgan fingerprint density at radius 3 is 2.96 bits per heavy atom. The molecule has 25 heavy (non-hydrogen) atoms. The molecular formula is C19H26ClNO4. The summed E-state index contributed by atoms with van der Waals surface area (Å²) in [7, 11) is 1.65. The summed E-state index contributed by atoms with van der Waals surface area (Å²) in [5.74, 6) is 1.52. The summed E-state index contributed by atoms with van der Waals surface area (Å²) in [6, 6.07) is 3.87. The van der Waals surface area contributed by atoms with Crippen LogP contribution in [0.5, 0.6) is 11.5 Å². The van der Waals surface area contributed by atoms with Gasteiger partial charge in [0, 0.05) is 23.6 Å². The number of aliphatic hydroxyl groups is 1. The molecule has 0 radical (unpaired) electrons. The van der Waals surface area contributed by atoms with Crippen molar-refractivity contribution in [2.75, 3.05) is 20.3 Å². The molecule has 0 spiro atoms. The number of hydrogen-bond acceptors (Lipinski definition) is 5. The third-order valence-electron chi connectivity index (χ3n) is 4.07. The Hall–Kier alpha value is -1.72. The zero-order valence-electron chi connectivity index (χ0n) is 15.0. The van der Waals surface area contributed by atoms with Gasteiger partial charge in [-0.1, -0.05) is 23.7 Å². The minimum atomic E-state index is 0.00281. The molecule has 0 fully saturated rings. The highest BCUT2D eigenvalue weighted by atomic mass is 35.5. The summed E-state index contributed by atoms with van der Waals surface area (Å²) in [5.41, 5.74) is 2.70. The first-order valence-corrected chi connectivity index (χ1v) is 8.96. The lowest BCUT2D eigenvalue weighted by Crippen LogP contribution is -2.10. The van der Waals surface area contributed by atoms with Crippen LogP contribution in [-0.2, 0) is 4.84 Å². The molecule has 0 saturated carbocycles. The molecule has 5 nitrogen and oxygen atoms in total. The Morgan fingerprint density at radius 2 is 2.28 bits per heavy atom. The Morgan fingerprint density at radius 1 is 1.48 bits per heavy atom. The Kier molecular flexibility index (Phi) is 7.59. The van der Waals surface area contributed by atoms with Gasteiger partial charge in [-0.2, -0.15) is 0 Å². The molecular weight excluding hydrogens is 342 g/mol. The van der Waals surface area contributed by atoms with E-state index in [0.29, 0.717) is 19.4 Å². The number of nitrogens with zero attached hydrogens (tertiary/aromatic N) is 1. The van der Waals surface area contributed by atoms with Crippen LogP contribution in [0.25, 0.3) is 0 Å². The van der Waals surface area contributed by atoms with Crippen molar-refractivity contribution in [1.29, 1.82) is 0 Å². The van der Waals surface area contributed by atoms with E-state index >= 15 is 0 Å². The predicted molar refractivity (Wildman–Crippen MR) is 99.8 cm³/mol. The summed E-state index contributed by atoms with van der Waals surface area (Å²) in [6.07, 6.45) is 4.84. The molecule has 1 aromatic carbocycles. The fraction of sp³-hybridized carbons (Fsp3) is 0.526. The molecule has 1 aromatic rings. The molecule has 1 aliphatic heterocycles. The van der Waals surface area contributed by atoms with Crippen LogP contribution in [0.1, 0.15) is 43.7 Å². The fourth-order valence-corrected chi connectivity index (χ4v) is 2.81. The molecule has 1 unspecified atom stereocenters. The Balaban J connectivity index is 2.16. The number of aliphatic hydroxyl groups excluding tert-OH is 1. The molecule has 0 saturated heterocycles. The molecule has 0 bridgehead atoms. The van der Waals surface area contributed by atoms with Gasteiger partial charge in [-0.25, -0.2) is 0 Å². The van der Waals surface area contributed by atoms with E-state index in [4.69, 9.17) is 31.0 Å². The quantitative estimate of drug-likeness (QED) is 0.711. The summed E-state index contributed by atoms with van der Waals surface area (Å²) in [6.45, 7) is 4.55. The number of benzene rings is 1. The van der Waals surface area contributed by atoms with Gasteiger partial charge in [-0.05, 0) is 50.0 Å². The van der Waals surface area contributed by atoms with Crippen molar-refractivity contribution in [3.63, 3.8) is 0 Å². The molecule has 0 aliphatic carbocycles. The number of halogens is 1. The number of hydrogen-bond donors (Lipinski definition) is 1. The standard InChI is InChI=1S/C19H26ClNO4/c1-4-14(20)7-9-24-16-10-13(2)19(23-3)17(11-16)18-12-15(25-21-18)6-5-8-22/h7,10-11,15,22H,4-6,8-9,12H2,1-3H3/b14-7+. The molecule has 1 N–H and O–H groups in total. The van der Waals surface area contributed by atoms with Crippen LogP contribution in [0.15, 0.2) is 28.4 Å². The second-order valence-electron chi connectivity index (χ2n) is 5.97. The molecule has 1 aliphatic rings. The van der Waals surface area contributed by atoms with Crippen molar-refractivity contribution in [3.05, 3.63) is 34.4 Å². The van der Waals surface area contributed by atoms with E-state index in [-0.39, 0.29) is 12.7 Å². The minimum absolute atomic E-state index is 0.00281. The Labute approximate surface area is 154 Å². The molecule has 6 heteroatoms. The molecule has 0 aromatic heterocycles. The Bertz CT molecular complexity index is 643. The van der Waals surface area contributed by atoms with E-state index in [2.05, 4.69) is 5.16 Å². The topological polar surface area (TPSA) is 60.3 Å². The van der Waals surface area contributed by atoms with E-state index in [1.165, 1.54) is 0 Å². The zero-order chi connectivity index (χ0) is 18.2. The van der Waals surface area contributed by atoms with Gasteiger partial charge in [0.05, 0.1) is 12.8 Å². The van der Waals surface area contributed by atoms with Gasteiger partial charge in [0.1, 0.15) is 24.2 Å². The summed E-state index contributed by atoms with van der Waals surface area (Å²) < 4.78 is 11.4. The normalized spacial score (nSPS) is 17.2. The summed E-state index contributed by atoms with van der Waals surface area (Å²) in [4.78, 5) is 5.48. The zero-order valence-corrected chi connectivity index (χ0v) is 15.8. The lowest BCUT2D eigenvalue weighted by Gasteiger charge is -2.14. The fourth-order valence-electron chi connectivity index (χ4n) is 2.74. The maximum Gasteiger partial charge on any atom is 0.133 e. The largest absolute Gasteiger partial charge is 0.496 e. The van der Waals surface area contributed by atoms with Crippen LogP contribution >= 0.6 is 11.6 Å². The minimum Gasteiger partial charge on any atom is -0.496 e. The molecule has 0 amide bonds. The third kappa shape index (κ3) is 5.38. The third-order valence-corrected chi connectivity index (χ3v) is 4.49. The SMILES string of the molecule is CC/C(Cl)=C\COc1cc(C)c(OC)c(C2=NOC(CCCO)C2)c1. The molecule has 1 atom stereocenters. The monoisotopic (exact) mass is 367 g/mol. The van der Waals surface area contributed by atoms with E-state index in [1.807, 2.05) is 32.1 Å². The maximum atomic E-state index is 8.96. The second-order valence-corrected chi connectivity index (χ2v) is 6.46. The number of methoxy groups -OCH3 is 1. The van der Waals surface area contributed by atoms with Crippen molar-refractivity contribution in [2.45, 2.75) is 45.6 Å². The molecule has 1 heterocycles. The van der Waals surface area contributed by atoms with Crippen LogP contribution < -0.4 is 9.47 Å². The predicted octanol–water partition coefficient (Wildman–Crippen LogP) is 4.18. The van der Waals surface area contributed by atoms with Gasteiger partial charge in [0.15, 0.2) is 0 Å². The first kappa shape index (κ1) is 19.6. The second kappa shape index (κ2) is 9.68. The van der Waals surface area contributed by atoms with Gasteiger partial charge in [0.25, 0.3) is 0 Å². The van der Waals surface area contributed by atoms with Gasteiger partial charge in [-0.15, -0.1) is 0 Å². The van der Waals surface area contributed by atoms with Crippen LogP contribution in [0.3, 0.4) is 0 Å². The highest BCUT2D eigenvalue weighted by Crippen LogP contribution is 2.33. The number of aryl methyl sites for hydroxylation is 1. The van der Waals surface area contributed by atoms with Gasteiger partial charge in [-0.3, -0.25) is 0 Å². The number of allylic oxidation sites excluding steroid dienone is 1. The molecule has 2 rings (SSSR count). The van der Waals surface area contributed by atoms with Crippen LogP contribution in [0, 0.1) is 6.92 Å². The first-order valence-electron chi connectivity index (χ1n) is 8.58. The van der Waals surface area contributed by atoms with Crippen molar-refractivity contribution < 1.29 is 19.4 Å². The number of oxime groups is 1. The van der Waals surface area contributed by atoms with Gasteiger partial charge in [0.2, 0.25) is 0 Å². The van der Waals surface area contributed by atoms with Crippen molar-refractivity contribution >= 4 is 17.3 Å². The van der Waals surface area contributed by atoms with Gasteiger partial charge < -0.3 is 19.4 Å². The van der Waals surface area contributed by atoms with Crippen molar-refractivity contribution in [2.24, 2.45) is 5.16 Å². The summed E-state index contributed by atoms with van der Waals surface area (Å²) >= 11 is 6.01. The average Bonchev–Trinajstić information content (AvgIpc) is 3.08. The number of rotatable bonds is 9. The van der Waals surface area contributed by atoms with Crippen LogP contribution in [0.2, 0.25) is 0 Å². The smallest absolute Gasteiger partial charge is 0.133 e. The van der Waals surface area contributed by atoms with Crippen LogP contribution in [-0.4, -0.2) is 37.2 Å². The average molecular weight is 368 g/mol. The van der Waals surface area contributed by atoms with E-state index in [9.17, 15) is 0 Å². The number of ether oxygens (including phenoxy) is 2. The highest BCUT2D eigenvalue weighted by Gasteiger charge is 2.25. The molecule has 138 valence electrons. The van der Waals surface area contributed by atoms with Crippen molar-refractivity contribution in [1.82, 2.24) is 0 Å². The first-order chi connectivity index (χ1) is 12.1. The lowest BCUT2D eigenvalue weighted by molar-refractivity contribution is 0.0732. The summed E-state index contributed by atoms with van der Waals surface area (Å²) in [5, 5.41) is 14.0. The lowest BCUT2D eigenvalue weighted by atomic mass is 9.99. The van der Waals surface area contributed by atoms with E-state index in [0.717, 1.165) is 46.2 Å². The van der Waals surface area contributed by atoms with Crippen LogP contribution in [0.4, 0.5) is 0 Å². The van der Waals surface area contributed by atoms with E-state index < -0.39 is 0 Å². The van der Waals surface area contributed by atoms with E-state index in [1.54, 1.807) is 7.11 Å². The maximum absolute atomic E-state index is 8.96. The van der Waals surface area contributed by atoms with Crippen molar-refractivity contribution in [3.8, 4) is 11.5 Å². The van der Waals surface area contributed by atoms with Gasteiger partial charge >= 0.3 is 0 Å².